The summed E-state index contributed by atoms with van der Waals surface area (Å²) in [6, 6.07) is 3.29. The molecule has 3 heterocycles. The van der Waals surface area contributed by atoms with Crippen LogP contribution in [0.4, 0.5) is 0 Å². The van der Waals surface area contributed by atoms with Gasteiger partial charge in [0.1, 0.15) is 11.3 Å². The Morgan fingerprint density at radius 2 is 1.87 bits per heavy atom. The summed E-state index contributed by atoms with van der Waals surface area (Å²) in [4.78, 5) is 29.3. The van der Waals surface area contributed by atoms with E-state index in [9.17, 15) is 23.1 Å². The minimum atomic E-state index is -2.93. The smallest absolute Gasteiger partial charge is 0.340 e. The van der Waals surface area contributed by atoms with Crippen molar-refractivity contribution in [3.63, 3.8) is 0 Å². The first kappa shape index (κ1) is 20.9. The van der Waals surface area contributed by atoms with Gasteiger partial charge in [-0.05, 0) is 38.0 Å². The molecule has 2 saturated heterocycles. The lowest BCUT2D eigenvalue weighted by Crippen LogP contribution is -2.52. The Balaban J connectivity index is 1.47. The molecule has 1 aromatic carbocycles. The van der Waals surface area contributed by atoms with Crippen molar-refractivity contribution in [1.82, 2.24) is 9.80 Å². The lowest BCUT2D eigenvalue weighted by atomic mass is 10.0. The maximum absolute atomic E-state index is 12.9. The van der Waals surface area contributed by atoms with Crippen LogP contribution in [-0.4, -0.2) is 73.0 Å². The summed E-state index contributed by atoms with van der Waals surface area (Å²) in [7, 11) is -2.93. The first-order valence-electron chi connectivity index (χ1n) is 10.1. The van der Waals surface area contributed by atoms with E-state index in [1.165, 1.54) is 0 Å². The number of phenolic OH excluding ortho intramolecular Hbond substituents is 1. The van der Waals surface area contributed by atoms with Crippen molar-refractivity contribution >= 4 is 26.7 Å². The van der Waals surface area contributed by atoms with Crippen LogP contribution in [-0.2, 0) is 21.1 Å². The molecule has 0 radical (unpaired) electrons. The molecular formula is C21H26N2O6S. The predicted molar refractivity (Wildman–Crippen MR) is 113 cm³/mol. The molecule has 0 bridgehead atoms. The van der Waals surface area contributed by atoms with E-state index in [-0.39, 0.29) is 35.6 Å². The van der Waals surface area contributed by atoms with Gasteiger partial charge in [0.15, 0.2) is 9.84 Å². The van der Waals surface area contributed by atoms with Crippen LogP contribution in [0.5, 0.6) is 5.75 Å². The molecule has 2 aliphatic heterocycles. The van der Waals surface area contributed by atoms with Crippen molar-refractivity contribution in [3.05, 3.63) is 39.2 Å². The molecule has 162 valence electrons. The predicted octanol–water partition coefficient (Wildman–Crippen LogP) is 0.989. The van der Waals surface area contributed by atoms with E-state index < -0.39 is 15.5 Å². The molecule has 1 aromatic heterocycles. The Morgan fingerprint density at radius 3 is 2.50 bits per heavy atom. The third kappa shape index (κ3) is 3.83. The van der Waals surface area contributed by atoms with Gasteiger partial charge < -0.3 is 14.4 Å². The van der Waals surface area contributed by atoms with Crippen LogP contribution in [0.3, 0.4) is 0 Å². The first-order chi connectivity index (χ1) is 14.2. The van der Waals surface area contributed by atoms with Crippen LogP contribution in [0, 0.1) is 13.8 Å². The highest BCUT2D eigenvalue weighted by molar-refractivity contribution is 7.91. The lowest BCUT2D eigenvalue weighted by molar-refractivity contribution is -0.132. The molecule has 2 aliphatic rings. The average molecular weight is 435 g/mol. The molecule has 4 rings (SSSR count). The van der Waals surface area contributed by atoms with Gasteiger partial charge in [-0.2, -0.15) is 0 Å². The van der Waals surface area contributed by atoms with E-state index in [0.29, 0.717) is 60.3 Å². The van der Waals surface area contributed by atoms with E-state index in [4.69, 9.17) is 4.42 Å². The number of hydrogen-bond donors (Lipinski definition) is 1. The number of fused-ring (bicyclic) bond motifs is 1. The second-order valence-corrected chi connectivity index (χ2v) is 10.5. The third-order valence-corrected chi connectivity index (χ3v) is 8.15. The summed E-state index contributed by atoms with van der Waals surface area (Å²) in [5, 5.41) is 10.6. The second-order valence-electron chi connectivity index (χ2n) is 8.23. The largest absolute Gasteiger partial charge is 0.508 e. The van der Waals surface area contributed by atoms with Crippen molar-refractivity contribution in [2.45, 2.75) is 32.7 Å². The van der Waals surface area contributed by atoms with E-state index in [1.54, 1.807) is 30.9 Å². The summed E-state index contributed by atoms with van der Waals surface area (Å²) < 4.78 is 28.9. The molecule has 8 nitrogen and oxygen atoms in total. The molecule has 1 N–H and O–H groups in total. The van der Waals surface area contributed by atoms with Gasteiger partial charge in [0, 0.05) is 43.2 Å². The van der Waals surface area contributed by atoms with Gasteiger partial charge in [-0.1, -0.05) is 0 Å². The molecule has 2 aromatic rings. The van der Waals surface area contributed by atoms with E-state index in [2.05, 4.69) is 4.90 Å². The molecule has 1 amide bonds. The highest BCUT2D eigenvalue weighted by Gasteiger charge is 2.34. The fourth-order valence-electron chi connectivity index (χ4n) is 4.45. The number of nitrogens with zero attached hydrogens (tertiary/aromatic N) is 2. The van der Waals surface area contributed by atoms with Crippen molar-refractivity contribution in [2.75, 3.05) is 37.7 Å². The molecule has 0 aliphatic carbocycles. The normalized spacial score (nSPS) is 21.9. The van der Waals surface area contributed by atoms with Gasteiger partial charge in [0.05, 0.1) is 23.5 Å². The zero-order valence-corrected chi connectivity index (χ0v) is 18.0. The Morgan fingerprint density at radius 1 is 1.17 bits per heavy atom. The number of sulfone groups is 1. The second kappa shape index (κ2) is 7.70. The minimum Gasteiger partial charge on any atom is -0.508 e. The van der Waals surface area contributed by atoms with E-state index in [0.717, 1.165) is 0 Å². The Labute approximate surface area is 175 Å². The van der Waals surface area contributed by atoms with Gasteiger partial charge >= 0.3 is 5.63 Å². The molecule has 9 heteroatoms. The summed E-state index contributed by atoms with van der Waals surface area (Å²) in [6.45, 7) is 5.77. The van der Waals surface area contributed by atoms with Crippen molar-refractivity contribution < 1.29 is 22.7 Å². The van der Waals surface area contributed by atoms with E-state index in [1.807, 2.05) is 0 Å². The molecule has 1 atom stereocenters. The maximum Gasteiger partial charge on any atom is 0.340 e. The molecular weight excluding hydrogens is 408 g/mol. The molecule has 2 fully saturated rings. The van der Waals surface area contributed by atoms with Crippen molar-refractivity contribution in [3.8, 4) is 5.75 Å². The number of aryl methyl sites for hydroxylation is 2. The minimum absolute atomic E-state index is 0.0398. The van der Waals surface area contributed by atoms with E-state index >= 15 is 0 Å². The van der Waals surface area contributed by atoms with Crippen LogP contribution in [0.25, 0.3) is 11.0 Å². The zero-order chi connectivity index (χ0) is 21.6. The number of benzene rings is 1. The SMILES string of the molecule is Cc1c(CC(=O)N2CCN([C@@H]3CCS(=O)(=O)C3)CC2)c(=O)oc2c(C)c(O)ccc12. The van der Waals surface area contributed by atoms with Crippen LogP contribution >= 0.6 is 0 Å². The Hall–Kier alpha value is -2.39. The summed E-state index contributed by atoms with van der Waals surface area (Å²) in [6.07, 6.45) is 0.615. The number of amides is 1. The number of hydrogen-bond acceptors (Lipinski definition) is 7. The first-order valence-corrected chi connectivity index (χ1v) is 12.0. The quantitative estimate of drug-likeness (QED) is 0.718. The van der Waals surface area contributed by atoms with Crippen LogP contribution in [0.1, 0.15) is 23.1 Å². The van der Waals surface area contributed by atoms with Crippen LogP contribution < -0.4 is 5.63 Å². The van der Waals surface area contributed by atoms with Gasteiger partial charge in [0.2, 0.25) is 5.91 Å². The van der Waals surface area contributed by atoms with Gasteiger partial charge in [-0.15, -0.1) is 0 Å². The maximum atomic E-state index is 12.9. The monoisotopic (exact) mass is 434 g/mol. The van der Waals surface area contributed by atoms with Gasteiger partial charge in [-0.25, -0.2) is 13.2 Å². The molecule has 30 heavy (non-hydrogen) atoms. The van der Waals surface area contributed by atoms with Crippen molar-refractivity contribution in [2.24, 2.45) is 0 Å². The Bertz CT molecular complexity index is 1160. The lowest BCUT2D eigenvalue weighted by Gasteiger charge is -2.37. The molecule has 0 unspecified atom stereocenters. The van der Waals surface area contributed by atoms with Gasteiger partial charge in [0.25, 0.3) is 0 Å². The number of aromatic hydroxyl groups is 1. The molecule has 0 saturated carbocycles. The number of rotatable bonds is 3. The summed E-state index contributed by atoms with van der Waals surface area (Å²) >= 11 is 0. The zero-order valence-electron chi connectivity index (χ0n) is 17.2. The van der Waals surface area contributed by atoms with Crippen LogP contribution in [0.2, 0.25) is 0 Å². The summed E-state index contributed by atoms with van der Waals surface area (Å²) in [5.74, 6) is 0.360. The third-order valence-electron chi connectivity index (χ3n) is 6.39. The van der Waals surface area contributed by atoms with Crippen molar-refractivity contribution in [1.29, 1.82) is 0 Å². The average Bonchev–Trinajstić information content (AvgIpc) is 3.08. The fraction of sp³-hybridized carbons (Fsp3) is 0.524. The highest BCUT2D eigenvalue weighted by Crippen LogP contribution is 2.28. The van der Waals surface area contributed by atoms with Crippen LogP contribution in [0.15, 0.2) is 21.3 Å². The standard InChI is InChI=1S/C21H26N2O6S/c1-13-16-3-4-18(24)14(2)20(16)29-21(26)17(13)11-19(25)23-8-6-22(7-9-23)15-5-10-30(27,28)12-15/h3-4,15,24H,5-12H2,1-2H3/t15-/m1/s1. The highest BCUT2D eigenvalue weighted by atomic mass is 32.2. The number of phenols is 1. The topological polar surface area (TPSA) is 108 Å². The van der Waals surface area contributed by atoms with Gasteiger partial charge in [-0.3, -0.25) is 9.69 Å². The fourth-order valence-corrected chi connectivity index (χ4v) is 6.21. The molecule has 0 spiro atoms. The Kier molecular flexibility index (Phi) is 5.36. The number of carbonyl (C=O) groups excluding carboxylic acids is 1. The number of piperazine rings is 1. The number of carbonyl (C=O) groups is 1. The summed E-state index contributed by atoms with van der Waals surface area (Å²) in [5.41, 5.74) is 1.30.